The first kappa shape index (κ1) is 18.4. The number of esters is 2. The van der Waals surface area contributed by atoms with Crippen LogP contribution in [0.2, 0.25) is 0 Å². The van der Waals surface area contributed by atoms with Gasteiger partial charge in [0.15, 0.2) is 5.41 Å². The van der Waals surface area contributed by atoms with Gasteiger partial charge < -0.3 is 19.8 Å². The molecule has 1 aliphatic rings. The third-order valence-corrected chi connectivity index (χ3v) is 5.15. The van der Waals surface area contributed by atoms with Crippen molar-refractivity contribution in [3.05, 3.63) is 34.3 Å². The van der Waals surface area contributed by atoms with Gasteiger partial charge in [-0.2, -0.15) is 0 Å². The molecule has 1 aromatic rings. The van der Waals surface area contributed by atoms with Crippen molar-refractivity contribution in [2.75, 3.05) is 20.8 Å². The maximum absolute atomic E-state index is 12.6. The van der Waals surface area contributed by atoms with E-state index in [1.165, 1.54) is 14.2 Å². The number of methoxy groups -OCH3 is 2. The van der Waals surface area contributed by atoms with Crippen LogP contribution >= 0.6 is 15.9 Å². The summed E-state index contributed by atoms with van der Waals surface area (Å²) < 4.78 is 10.4. The summed E-state index contributed by atoms with van der Waals surface area (Å²) in [6.45, 7) is -0.379. The van der Waals surface area contributed by atoms with Gasteiger partial charge in [0.25, 0.3) is 0 Å². The van der Waals surface area contributed by atoms with Gasteiger partial charge in [0.2, 0.25) is 0 Å². The Morgan fingerprint density at radius 3 is 2.33 bits per heavy atom. The largest absolute Gasteiger partial charge is 0.468 e. The van der Waals surface area contributed by atoms with Crippen molar-refractivity contribution in [3.63, 3.8) is 0 Å². The minimum atomic E-state index is -1.73. The van der Waals surface area contributed by atoms with Crippen molar-refractivity contribution in [1.82, 2.24) is 0 Å². The third-order valence-electron chi connectivity index (χ3n) is 4.43. The molecule has 0 aliphatic heterocycles. The van der Waals surface area contributed by atoms with Crippen molar-refractivity contribution in [2.45, 2.75) is 12.3 Å². The van der Waals surface area contributed by atoms with Crippen molar-refractivity contribution in [3.8, 4) is 0 Å². The molecule has 2 N–H and O–H groups in total. The second-order valence-electron chi connectivity index (χ2n) is 5.52. The van der Waals surface area contributed by atoms with Crippen LogP contribution in [0.25, 0.3) is 0 Å². The standard InChI is InChI=1S/C16H18BrNO6/c1-23-14(20)16(15(21)24-2)7-9(8-19)13(18-22)12(16)10-5-3-4-6-11(10)17/h3-6,9,12,19,22H,7-8H2,1-2H3/b18-13+/t9-,12-/m1/s1. The Labute approximate surface area is 147 Å². The summed E-state index contributed by atoms with van der Waals surface area (Å²) in [7, 11) is 2.35. The minimum absolute atomic E-state index is 0.0752. The Morgan fingerprint density at radius 2 is 1.88 bits per heavy atom. The molecule has 0 bridgehead atoms. The van der Waals surface area contributed by atoms with Crippen LogP contribution in [-0.4, -0.2) is 48.8 Å². The highest BCUT2D eigenvalue weighted by atomic mass is 79.9. The molecular weight excluding hydrogens is 382 g/mol. The number of nitrogens with zero attached hydrogens (tertiary/aromatic N) is 1. The summed E-state index contributed by atoms with van der Waals surface area (Å²) >= 11 is 3.40. The zero-order valence-electron chi connectivity index (χ0n) is 13.2. The van der Waals surface area contributed by atoms with E-state index in [-0.39, 0.29) is 18.7 Å². The Bertz CT molecular complexity index is 658. The van der Waals surface area contributed by atoms with Gasteiger partial charge in [0, 0.05) is 10.4 Å². The lowest BCUT2D eigenvalue weighted by atomic mass is 9.73. The summed E-state index contributed by atoms with van der Waals surface area (Å²) in [6.07, 6.45) is -0.0752. The zero-order chi connectivity index (χ0) is 17.9. The van der Waals surface area contributed by atoms with E-state index in [0.29, 0.717) is 10.0 Å². The molecule has 1 saturated carbocycles. The summed E-state index contributed by atoms with van der Waals surface area (Å²) in [5.74, 6) is -3.19. The van der Waals surface area contributed by atoms with Gasteiger partial charge >= 0.3 is 11.9 Å². The molecule has 0 radical (unpaired) electrons. The van der Waals surface area contributed by atoms with Gasteiger partial charge in [-0.1, -0.05) is 39.3 Å². The molecule has 130 valence electrons. The quantitative estimate of drug-likeness (QED) is 0.345. The van der Waals surface area contributed by atoms with E-state index in [2.05, 4.69) is 21.1 Å². The molecule has 0 heterocycles. The molecule has 1 aromatic carbocycles. The van der Waals surface area contributed by atoms with Crippen LogP contribution in [0, 0.1) is 11.3 Å². The van der Waals surface area contributed by atoms with Crippen molar-refractivity contribution in [2.24, 2.45) is 16.5 Å². The summed E-state index contributed by atoms with van der Waals surface area (Å²) in [5, 5.41) is 22.4. The average molecular weight is 400 g/mol. The predicted octanol–water partition coefficient (Wildman–Crippen LogP) is 1.71. The highest BCUT2D eigenvalue weighted by Gasteiger charge is 2.64. The number of halogens is 1. The number of oxime groups is 1. The van der Waals surface area contributed by atoms with E-state index in [1.54, 1.807) is 24.3 Å². The average Bonchev–Trinajstić information content (AvgIpc) is 2.95. The number of ether oxygens (including phenoxy) is 2. The number of carbonyl (C=O) groups excluding carboxylic acids is 2. The van der Waals surface area contributed by atoms with Crippen molar-refractivity contribution >= 4 is 33.6 Å². The summed E-state index contributed by atoms with van der Waals surface area (Å²) in [5.41, 5.74) is -1.03. The highest BCUT2D eigenvalue weighted by molar-refractivity contribution is 9.10. The Balaban J connectivity index is 2.77. The number of aliphatic hydroxyl groups excluding tert-OH is 1. The molecule has 8 heteroatoms. The zero-order valence-corrected chi connectivity index (χ0v) is 14.8. The molecule has 0 amide bonds. The van der Waals surface area contributed by atoms with E-state index in [0.717, 1.165) is 0 Å². The molecule has 1 fully saturated rings. The van der Waals surface area contributed by atoms with Crippen LogP contribution in [0.3, 0.4) is 0 Å². The number of benzene rings is 1. The maximum Gasteiger partial charge on any atom is 0.324 e. The van der Waals surface area contributed by atoms with Crippen molar-refractivity contribution in [1.29, 1.82) is 0 Å². The first-order valence-electron chi connectivity index (χ1n) is 7.21. The molecule has 7 nitrogen and oxygen atoms in total. The summed E-state index contributed by atoms with van der Waals surface area (Å²) in [4.78, 5) is 25.2. The fourth-order valence-electron chi connectivity index (χ4n) is 3.38. The first-order valence-corrected chi connectivity index (χ1v) is 8.01. The molecule has 0 saturated heterocycles. The topological polar surface area (TPSA) is 105 Å². The number of hydrogen-bond acceptors (Lipinski definition) is 7. The fourth-order valence-corrected chi connectivity index (χ4v) is 3.89. The molecule has 1 aliphatic carbocycles. The van der Waals surface area contributed by atoms with E-state index in [4.69, 9.17) is 9.47 Å². The highest BCUT2D eigenvalue weighted by Crippen LogP contribution is 2.53. The smallest absolute Gasteiger partial charge is 0.324 e. The van der Waals surface area contributed by atoms with Gasteiger partial charge in [-0.25, -0.2) is 0 Å². The van der Waals surface area contributed by atoms with Crippen LogP contribution in [0.1, 0.15) is 17.9 Å². The SMILES string of the molecule is COC(=O)C1(C(=O)OC)C[C@H](CO)/C(=N\O)[C@H]1c1ccccc1Br. The van der Waals surface area contributed by atoms with Gasteiger partial charge in [-0.3, -0.25) is 9.59 Å². The van der Waals surface area contributed by atoms with Crippen LogP contribution in [0.5, 0.6) is 0 Å². The molecule has 0 aromatic heterocycles. The monoisotopic (exact) mass is 399 g/mol. The van der Waals surface area contributed by atoms with Crippen LogP contribution in [0.15, 0.2) is 33.9 Å². The van der Waals surface area contributed by atoms with Gasteiger partial charge in [-0.05, 0) is 18.1 Å². The Morgan fingerprint density at radius 1 is 1.29 bits per heavy atom. The van der Waals surface area contributed by atoms with Crippen molar-refractivity contribution < 1.29 is 29.4 Å². The molecule has 2 atom stereocenters. The number of carbonyl (C=O) groups is 2. The van der Waals surface area contributed by atoms with E-state index >= 15 is 0 Å². The van der Waals surface area contributed by atoms with Crippen LogP contribution < -0.4 is 0 Å². The summed E-state index contributed by atoms with van der Waals surface area (Å²) in [6, 6.07) is 6.97. The molecule has 0 spiro atoms. The van der Waals surface area contributed by atoms with Crippen LogP contribution in [0.4, 0.5) is 0 Å². The minimum Gasteiger partial charge on any atom is -0.468 e. The first-order chi connectivity index (χ1) is 11.5. The Hall–Kier alpha value is -1.93. The van der Waals surface area contributed by atoms with E-state index in [9.17, 15) is 19.9 Å². The third kappa shape index (κ3) is 2.69. The normalized spacial score (nSPS) is 23.9. The van der Waals surface area contributed by atoms with Crippen LogP contribution in [-0.2, 0) is 19.1 Å². The molecular formula is C16H18BrNO6. The second kappa shape index (κ2) is 7.31. The van der Waals surface area contributed by atoms with E-state index < -0.39 is 29.2 Å². The van der Waals surface area contributed by atoms with Gasteiger partial charge in [-0.15, -0.1) is 0 Å². The number of rotatable bonds is 4. The maximum atomic E-state index is 12.6. The lowest BCUT2D eigenvalue weighted by Gasteiger charge is -2.30. The lowest BCUT2D eigenvalue weighted by Crippen LogP contribution is -2.44. The number of aliphatic hydroxyl groups is 1. The Kier molecular flexibility index (Phi) is 5.61. The van der Waals surface area contributed by atoms with E-state index in [1.807, 2.05) is 0 Å². The molecule has 2 rings (SSSR count). The fraction of sp³-hybridized carbons (Fsp3) is 0.438. The molecule has 0 unspecified atom stereocenters. The molecule has 24 heavy (non-hydrogen) atoms. The number of hydrogen-bond donors (Lipinski definition) is 2. The van der Waals surface area contributed by atoms with Gasteiger partial charge in [0.05, 0.1) is 32.5 Å². The predicted molar refractivity (Wildman–Crippen MR) is 87.8 cm³/mol. The lowest BCUT2D eigenvalue weighted by molar-refractivity contribution is -0.169. The second-order valence-corrected chi connectivity index (χ2v) is 6.37. The van der Waals surface area contributed by atoms with Gasteiger partial charge in [0.1, 0.15) is 0 Å².